The molecule has 88 valence electrons. The van der Waals surface area contributed by atoms with Gasteiger partial charge in [0.15, 0.2) is 0 Å². The van der Waals surface area contributed by atoms with Gasteiger partial charge in [-0.2, -0.15) is 0 Å². The van der Waals surface area contributed by atoms with Gasteiger partial charge in [-0.3, -0.25) is 0 Å². The second-order valence-electron chi connectivity index (χ2n) is 4.29. The molecule has 5 heteroatoms. The summed E-state index contributed by atoms with van der Waals surface area (Å²) in [6.45, 7) is 2.21. The first kappa shape index (κ1) is 11.9. The van der Waals surface area contributed by atoms with Crippen LogP contribution >= 0.6 is 23.2 Å². The number of anilines is 1. The van der Waals surface area contributed by atoms with Crippen LogP contribution in [0.3, 0.4) is 0 Å². The highest BCUT2D eigenvalue weighted by Crippen LogP contribution is 2.37. The Morgan fingerprint density at radius 1 is 1.50 bits per heavy atom. The molecule has 0 aromatic carbocycles. The van der Waals surface area contributed by atoms with Crippen molar-refractivity contribution in [3.05, 3.63) is 17.0 Å². The molecule has 0 spiro atoms. The maximum absolute atomic E-state index is 6.01. The zero-order valence-corrected chi connectivity index (χ0v) is 11.0. The average Bonchev–Trinajstić information content (AvgIpc) is 3.10. The molecule has 0 aliphatic heterocycles. The molecular weight excluding hydrogens is 245 g/mol. The summed E-state index contributed by atoms with van der Waals surface area (Å²) < 4.78 is 0. The molecule has 1 aliphatic carbocycles. The molecule has 1 fully saturated rings. The van der Waals surface area contributed by atoms with Crippen LogP contribution in [-0.2, 0) is 5.88 Å². The second-order valence-corrected chi connectivity index (χ2v) is 4.91. The van der Waals surface area contributed by atoms with Gasteiger partial charge in [0, 0.05) is 18.7 Å². The summed E-state index contributed by atoms with van der Waals surface area (Å²) in [6, 6.07) is 0.480. The van der Waals surface area contributed by atoms with Crippen molar-refractivity contribution in [3.8, 4) is 0 Å². The van der Waals surface area contributed by atoms with Gasteiger partial charge in [-0.05, 0) is 25.7 Å². The fourth-order valence-corrected chi connectivity index (χ4v) is 2.40. The molecule has 1 heterocycles. The Balaban J connectivity index is 2.27. The quantitative estimate of drug-likeness (QED) is 0.615. The van der Waals surface area contributed by atoms with Crippen molar-refractivity contribution in [2.24, 2.45) is 5.92 Å². The summed E-state index contributed by atoms with van der Waals surface area (Å²) in [7, 11) is 2.04. The zero-order chi connectivity index (χ0) is 11.7. The van der Waals surface area contributed by atoms with Crippen LogP contribution in [0.5, 0.6) is 0 Å². The minimum atomic E-state index is 0.344. The summed E-state index contributed by atoms with van der Waals surface area (Å²) in [6.07, 6.45) is 4.10. The van der Waals surface area contributed by atoms with Gasteiger partial charge in [0.05, 0.1) is 5.88 Å². The van der Waals surface area contributed by atoms with E-state index in [2.05, 4.69) is 21.8 Å². The van der Waals surface area contributed by atoms with Gasteiger partial charge in [0.25, 0.3) is 0 Å². The molecular formula is C11H15Cl2N3. The first-order valence-electron chi connectivity index (χ1n) is 5.43. The number of nitrogens with zero attached hydrogens (tertiary/aromatic N) is 3. The monoisotopic (exact) mass is 259 g/mol. The highest BCUT2D eigenvalue weighted by molar-refractivity contribution is 6.31. The smallest absolute Gasteiger partial charge is 0.138 e. The van der Waals surface area contributed by atoms with Crippen molar-refractivity contribution in [1.82, 2.24) is 9.97 Å². The van der Waals surface area contributed by atoms with E-state index in [1.807, 2.05) is 7.05 Å². The fourth-order valence-electron chi connectivity index (χ4n) is 1.89. The highest BCUT2D eigenvalue weighted by atomic mass is 35.5. The van der Waals surface area contributed by atoms with E-state index in [-0.39, 0.29) is 0 Å². The third kappa shape index (κ3) is 2.25. The third-order valence-corrected chi connectivity index (χ3v) is 3.85. The number of halogens is 2. The van der Waals surface area contributed by atoms with Crippen LogP contribution in [0.15, 0.2) is 6.33 Å². The molecule has 0 bridgehead atoms. The summed E-state index contributed by atoms with van der Waals surface area (Å²) in [5, 5.41) is 0.454. The molecule has 3 nitrogen and oxygen atoms in total. The Kier molecular flexibility index (Phi) is 3.55. The lowest BCUT2D eigenvalue weighted by atomic mass is 10.2. The van der Waals surface area contributed by atoms with E-state index in [4.69, 9.17) is 23.2 Å². The van der Waals surface area contributed by atoms with Crippen LogP contribution in [0.4, 0.5) is 5.82 Å². The van der Waals surface area contributed by atoms with Crippen molar-refractivity contribution >= 4 is 29.0 Å². The van der Waals surface area contributed by atoms with Gasteiger partial charge >= 0.3 is 0 Å². The van der Waals surface area contributed by atoms with Crippen LogP contribution in [0.25, 0.3) is 0 Å². The molecule has 16 heavy (non-hydrogen) atoms. The van der Waals surface area contributed by atoms with Crippen molar-refractivity contribution in [2.75, 3.05) is 11.9 Å². The Morgan fingerprint density at radius 2 is 2.19 bits per heavy atom. The number of rotatable bonds is 4. The van der Waals surface area contributed by atoms with Gasteiger partial charge in [0.2, 0.25) is 0 Å². The van der Waals surface area contributed by atoms with Crippen molar-refractivity contribution in [3.63, 3.8) is 0 Å². The van der Waals surface area contributed by atoms with Crippen LogP contribution < -0.4 is 4.90 Å². The first-order valence-corrected chi connectivity index (χ1v) is 6.34. The van der Waals surface area contributed by atoms with Gasteiger partial charge in [-0.1, -0.05) is 11.6 Å². The Bertz CT molecular complexity index is 379. The average molecular weight is 260 g/mol. The molecule has 1 aromatic rings. The topological polar surface area (TPSA) is 29.0 Å². The van der Waals surface area contributed by atoms with Crippen LogP contribution in [0.1, 0.15) is 25.3 Å². The second kappa shape index (κ2) is 4.76. The predicted octanol–water partition coefficient (Wildman–Crippen LogP) is 3.10. The van der Waals surface area contributed by atoms with E-state index in [0.717, 1.165) is 17.3 Å². The maximum atomic E-state index is 6.01. The predicted molar refractivity (Wildman–Crippen MR) is 67.2 cm³/mol. The molecule has 0 saturated heterocycles. The van der Waals surface area contributed by atoms with Crippen molar-refractivity contribution < 1.29 is 0 Å². The number of aromatic nitrogens is 2. The molecule has 0 N–H and O–H groups in total. The lowest BCUT2D eigenvalue weighted by molar-refractivity contribution is 0.602. The van der Waals surface area contributed by atoms with Crippen molar-refractivity contribution in [2.45, 2.75) is 31.7 Å². The third-order valence-electron chi connectivity index (χ3n) is 3.25. The first-order chi connectivity index (χ1) is 7.65. The summed E-state index contributed by atoms with van der Waals surface area (Å²) in [5.41, 5.74) is 0.820. The standard InChI is InChI=1S/C11H15Cl2N3/c1-7(8-3-4-8)16(2)11-9(5-12)10(13)14-6-15-11/h6-8H,3-5H2,1-2H3. The maximum Gasteiger partial charge on any atom is 0.138 e. The Labute approximate surface area is 106 Å². The van der Waals surface area contributed by atoms with Gasteiger partial charge < -0.3 is 4.90 Å². The molecule has 0 radical (unpaired) electrons. The molecule has 1 aromatic heterocycles. The molecule has 1 aliphatic rings. The Morgan fingerprint density at radius 3 is 2.75 bits per heavy atom. The van der Waals surface area contributed by atoms with E-state index in [0.29, 0.717) is 17.1 Å². The summed E-state index contributed by atoms with van der Waals surface area (Å²) in [4.78, 5) is 10.4. The van der Waals surface area contributed by atoms with E-state index < -0.39 is 0 Å². The molecule has 2 rings (SSSR count). The highest BCUT2D eigenvalue weighted by Gasteiger charge is 2.32. The number of alkyl halides is 1. The lowest BCUT2D eigenvalue weighted by Gasteiger charge is -2.27. The number of hydrogen-bond acceptors (Lipinski definition) is 3. The van der Waals surface area contributed by atoms with Gasteiger partial charge in [-0.25, -0.2) is 9.97 Å². The van der Waals surface area contributed by atoms with Gasteiger partial charge in [-0.15, -0.1) is 11.6 Å². The zero-order valence-electron chi connectivity index (χ0n) is 9.45. The summed E-state index contributed by atoms with van der Waals surface area (Å²) >= 11 is 11.9. The van der Waals surface area contributed by atoms with Gasteiger partial charge in [0.1, 0.15) is 17.3 Å². The summed E-state index contributed by atoms with van der Waals surface area (Å²) in [5.74, 6) is 1.98. The van der Waals surface area contributed by atoms with Crippen LogP contribution in [0.2, 0.25) is 5.15 Å². The minimum Gasteiger partial charge on any atom is -0.356 e. The van der Waals surface area contributed by atoms with Crippen LogP contribution in [-0.4, -0.2) is 23.1 Å². The van der Waals surface area contributed by atoms with E-state index in [9.17, 15) is 0 Å². The van der Waals surface area contributed by atoms with E-state index in [1.54, 1.807) is 0 Å². The molecule has 1 saturated carbocycles. The number of hydrogen-bond donors (Lipinski definition) is 0. The fraction of sp³-hybridized carbons (Fsp3) is 0.636. The molecule has 1 atom stereocenters. The molecule has 1 unspecified atom stereocenters. The minimum absolute atomic E-state index is 0.344. The lowest BCUT2D eigenvalue weighted by Crippen LogP contribution is -2.32. The van der Waals surface area contributed by atoms with E-state index in [1.165, 1.54) is 19.2 Å². The Hall–Kier alpha value is -0.540. The van der Waals surface area contributed by atoms with Crippen LogP contribution in [0, 0.1) is 5.92 Å². The molecule has 0 amide bonds. The van der Waals surface area contributed by atoms with E-state index >= 15 is 0 Å². The van der Waals surface area contributed by atoms with Crippen molar-refractivity contribution in [1.29, 1.82) is 0 Å². The SMILES string of the molecule is CC(C1CC1)N(C)c1ncnc(Cl)c1CCl. The largest absolute Gasteiger partial charge is 0.356 e. The normalized spacial score (nSPS) is 17.2.